The van der Waals surface area contributed by atoms with Crippen LogP contribution in [0.25, 0.3) is 10.2 Å². The lowest BCUT2D eigenvalue weighted by atomic mass is 10.1. The lowest BCUT2D eigenvalue weighted by molar-refractivity contribution is 0.622. The molecule has 4 rings (SSSR count). The van der Waals surface area contributed by atoms with Gasteiger partial charge in [0.2, 0.25) is 0 Å². The molecule has 0 saturated heterocycles. The lowest BCUT2D eigenvalue weighted by Crippen LogP contribution is -2.17. The fraction of sp³-hybridized carbons (Fsp3) is 0.118. The Bertz CT molecular complexity index is 993. The molecule has 24 heavy (non-hydrogen) atoms. The largest absolute Gasteiger partial charge is 0.356 e. The number of hydrogen-bond acceptors (Lipinski definition) is 5. The molecule has 1 N–H and O–H groups in total. The van der Waals surface area contributed by atoms with Crippen molar-refractivity contribution in [2.24, 2.45) is 7.05 Å². The second-order valence-corrected chi connectivity index (χ2v) is 6.28. The monoisotopic (exact) mass is 339 g/mol. The Balaban J connectivity index is 1.81. The Labute approximate surface area is 141 Å². The van der Waals surface area contributed by atoms with Crippen molar-refractivity contribution < 1.29 is 4.39 Å². The third-order valence-electron chi connectivity index (χ3n) is 3.84. The predicted octanol–water partition coefficient (Wildman–Crippen LogP) is 3.77. The van der Waals surface area contributed by atoms with E-state index in [0.29, 0.717) is 5.82 Å². The van der Waals surface area contributed by atoms with Crippen LogP contribution in [0.4, 0.5) is 10.2 Å². The van der Waals surface area contributed by atoms with Gasteiger partial charge in [0.15, 0.2) is 0 Å². The fourth-order valence-electron chi connectivity index (χ4n) is 2.68. The van der Waals surface area contributed by atoms with Gasteiger partial charge in [-0.2, -0.15) is 0 Å². The van der Waals surface area contributed by atoms with Crippen molar-refractivity contribution in [2.75, 3.05) is 5.32 Å². The third-order valence-corrected chi connectivity index (χ3v) is 4.66. The molecule has 1 aromatic carbocycles. The summed E-state index contributed by atoms with van der Waals surface area (Å²) < 4.78 is 15.6. The molecule has 0 fully saturated rings. The number of benzene rings is 1. The summed E-state index contributed by atoms with van der Waals surface area (Å²) in [7, 11) is 1.91. The summed E-state index contributed by atoms with van der Waals surface area (Å²) in [4.78, 5) is 14.0. The van der Waals surface area contributed by atoms with Gasteiger partial charge in [0.25, 0.3) is 0 Å². The van der Waals surface area contributed by atoms with Gasteiger partial charge >= 0.3 is 0 Å². The number of fused-ring (bicyclic) bond motifs is 1. The highest BCUT2D eigenvalue weighted by molar-refractivity contribution is 7.16. The van der Waals surface area contributed by atoms with E-state index in [0.717, 1.165) is 21.6 Å². The minimum atomic E-state index is -0.321. The van der Waals surface area contributed by atoms with E-state index in [1.54, 1.807) is 23.6 Å². The van der Waals surface area contributed by atoms with Gasteiger partial charge < -0.3 is 9.88 Å². The van der Waals surface area contributed by atoms with Crippen LogP contribution < -0.4 is 5.32 Å². The molecule has 1 atom stereocenters. The first-order valence-electron chi connectivity index (χ1n) is 7.40. The second-order valence-electron chi connectivity index (χ2n) is 5.39. The zero-order valence-corrected chi connectivity index (χ0v) is 13.7. The van der Waals surface area contributed by atoms with Crippen molar-refractivity contribution in [3.63, 3.8) is 0 Å². The summed E-state index contributed by atoms with van der Waals surface area (Å²) in [6.45, 7) is 0. The molecule has 0 radical (unpaired) electrons. The average Bonchev–Trinajstić information content (AvgIpc) is 3.21. The number of aromatic nitrogens is 4. The van der Waals surface area contributed by atoms with E-state index in [1.165, 1.54) is 18.5 Å². The molecule has 120 valence electrons. The number of aryl methyl sites for hydroxylation is 1. The number of thiophene rings is 1. The van der Waals surface area contributed by atoms with E-state index in [-0.39, 0.29) is 11.9 Å². The van der Waals surface area contributed by atoms with Gasteiger partial charge in [-0.25, -0.2) is 19.3 Å². The average molecular weight is 339 g/mol. The van der Waals surface area contributed by atoms with Crippen LogP contribution >= 0.6 is 11.3 Å². The molecule has 0 bridgehead atoms. The van der Waals surface area contributed by atoms with Gasteiger partial charge in [-0.05, 0) is 29.1 Å². The van der Waals surface area contributed by atoms with E-state index < -0.39 is 0 Å². The van der Waals surface area contributed by atoms with Crippen molar-refractivity contribution in [2.45, 2.75) is 6.04 Å². The summed E-state index contributed by atoms with van der Waals surface area (Å²) in [5.74, 6) is 1.21. The smallest absolute Gasteiger partial charge is 0.139 e. The molecule has 0 saturated carbocycles. The number of imidazole rings is 1. The number of hydrogen-bond donors (Lipinski definition) is 1. The van der Waals surface area contributed by atoms with Crippen LogP contribution in [0.1, 0.15) is 17.4 Å². The Morgan fingerprint density at radius 3 is 2.92 bits per heavy atom. The molecule has 5 nitrogen and oxygen atoms in total. The van der Waals surface area contributed by atoms with Crippen LogP contribution in [-0.4, -0.2) is 19.5 Å². The maximum absolute atomic E-state index is 13.7. The van der Waals surface area contributed by atoms with Gasteiger partial charge in [0.1, 0.15) is 34.7 Å². The van der Waals surface area contributed by atoms with Gasteiger partial charge in [-0.3, -0.25) is 0 Å². The summed E-state index contributed by atoms with van der Waals surface area (Å²) in [6, 6.07) is 8.17. The highest BCUT2D eigenvalue weighted by Gasteiger charge is 2.20. The molecule has 3 aromatic heterocycles. The van der Waals surface area contributed by atoms with Crippen LogP contribution in [0, 0.1) is 5.82 Å². The van der Waals surface area contributed by atoms with E-state index in [2.05, 4.69) is 20.3 Å². The zero-order chi connectivity index (χ0) is 16.5. The molecule has 0 spiro atoms. The van der Waals surface area contributed by atoms with Gasteiger partial charge in [0.05, 0.1) is 5.39 Å². The number of halogens is 1. The Kier molecular flexibility index (Phi) is 3.70. The predicted molar refractivity (Wildman–Crippen MR) is 92.5 cm³/mol. The molecule has 0 aliphatic carbocycles. The molecule has 3 heterocycles. The molecule has 1 unspecified atom stereocenters. The number of anilines is 1. The lowest BCUT2D eigenvalue weighted by Gasteiger charge is -2.20. The van der Waals surface area contributed by atoms with Crippen molar-refractivity contribution in [3.8, 4) is 0 Å². The van der Waals surface area contributed by atoms with E-state index in [4.69, 9.17) is 0 Å². The molecule has 0 aliphatic heterocycles. The number of nitrogens with zero attached hydrogens (tertiary/aromatic N) is 4. The van der Waals surface area contributed by atoms with E-state index in [1.807, 2.05) is 35.3 Å². The molecule has 0 aliphatic rings. The first kappa shape index (κ1) is 14.8. The van der Waals surface area contributed by atoms with Gasteiger partial charge in [-0.1, -0.05) is 12.1 Å². The zero-order valence-electron chi connectivity index (χ0n) is 12.8. The summed E-state index contributed by atoms with van der Waals surface area (Å²) in [5, 5.41) is 6.32. The normalized spacial score (nSPS) is 12.4. The fourth-order valence-corrected chi connectivity index (χ4v) is 3.41. The maximum Gasteiger partial charge on any atom is 0.139 e. The maximum atomic E-state index is 13.7. The van der Waals surface area contributed by atoms with Gasteiger partial charge in [0, 0.05) is 19.4 Å². The van der Waals surface area contributed by atoms with E-state index in [9.17, 15) is 4.39 Å². The first-order valence-corrected chi connectivity index (χ1v) is 8.28. The standard InChI is InChI=1S/C17H14FN5S/c1-23-7-6-19-16(23)14(11-3-2-4-12(18)9-11)22-15-13-5-8-24-17(13)21-10-20-15/h2-10,14H,1H3,(H,20,21,22). The quantitative estimate of drug-likeness (QED) is 0.615. The van der Waals surface area contributed by atoms with Crippen LogP contribution in [-0.2, 0) is 7.05 Å². The highest BCUT2D eigenvalue weighted by Crippen LogP contribution is 2.30. The Morgan fingerprint density at radius 1 is 1.21 bits per heavy atom. The second kappa shape index (κ2) is 6.01. The first-order chi connectivity index (χ1) is 11.7. The topological polar surface area (TPSA) is 55.6 Å². The minimum Gasteiger partial charge on any atom is -0.356 e. The molecule has 4 aromatic rings. The number of nitrogens with one attached hydrogen (secondary N) is 1. The Hall–Kier alpha value is -2.80. The third kappa shape index (κ3) is 2.63. The van der Waals surface area contributed by atoms with Gasteiger partial charge in [-0.15, -0.1) is 11.3 Å². The van der Waals surface area contributed by atoms with Crippen molar-refractivity contribution in [1.82, 2.24) is 19.5 Å². The minimum absolute atomic E-state index is 0.281. The van der Waals surface area contributed by atoms with Crippen LogP contribution in [0.5, 0.6) is 0 Å². The molecule has 7 heteroatoms. The van der Waals surface area contributed by atoms with Crippen molar-refractivity contribution in [3.05, 3.63) is 71.6 Å². The summed E-state index contributed by atoms with van der Waals surface area (Å²) >= 11 is 1.56. The van der Waals surface area contributed by atoms with Crippen molar-refractivity contribution in [1.29, 1.82) is 0 Å². The summed E-state index contributed by atoms with van der Waals surface area (Å²) in [5.41, 5.74) is 0.784. The SMILES string of the molecule is Cn1ccnc1C(Nc1ncnc2sccc12)c1cccc(F)c1. The van der Waals surface area contributed by atoms with Crippen LogP contribution in [0.3, 0.4) is 0 Å². The number of rotatable bonds is 4. The van der Waals surface area contributed by atoms with E-state index >= 15 is 0 Å². The molecular formula is C17H14FN5S. The molecule has 0 amide bonds. The molecular weight excluding hydrogens is 325 g/mol. The van der Waals surface area contributed by atoms with Crippen LogP contribution in [0.15, 0.2) is 54.4 Å². The highest BCUT2D eigenvalue weighted by atomic mass is 32.1. The Morgan fingerprint density at radius 2 is 2.12 bits per heavy atom. The van der Waals surface area contributed by atoms with Crippen molar-refractivity contribution >= 4 is 27.4 Å². The van der Waals surface area contributed by atoms with Crippen LogP contribution in [0.2, 0.25) is 0 Å². The summed E-state index contributed by atoms with van der Waals surface area (Å²) in [6.07, 6.45) is 5.12.